The molecule has 0 spiro atoms. The zero-order valence-corrected chi connectivity index (χ0v) is 8.63. The van der Waals surface area contributed by atoms with Crippen molar-refractivity contribution >= 4 is 0 Å². The third-order valence-corrected chi connectivity index (χ3v) is 2.55. The van der Waals surface area contributed by atoms with E-state index in [1.54, 1.807) is 7.11 Å². The number of ether oxygens (including phenoxy) is 1. The van der Waals surface area contributed by atoms with Gasteiger partial charge in [-0.3, -0.25) is 5.32 Å². The number of hydrogen-bond donors (Lipinski definition) is 1. The molecule has 3 heteroatoms. The molecule has 0 bridgehead atoms. The zero-order valence-electron chi connectivity index (χ0n) is 8.63. The summed E-state index contributed by atoms with van der Waals surface area (Å²) in [7, 11) is 1.70. The molecule has 0 amide bonds. The number of nitriles is 1. The molecule has 1 aliphatic carbocycles. The number of rotatable bonds is 4. The Hall–Kier alpha value is -0.590. The molecule has 0 aliphatic heterocycles. The van der Waals surface area contributed by atoms with E-state index in [1.165, 1.54) is 0 Å². The fourth-order valence-corrected chi connectivity index (χ4v) is 1.56. The molecule has 1 aliphatic rings. The van der Waals surface area contributed by atoms with Crippen LogP contribution >= 0.6 is 0 Å². The average molecular weight is 182 g/mol. The van der Waals surface area contributed by atoms with E-state index in [2.05, 4.69) is 25.2 Å². The largest absolute Gasteiger partial charge is 0.381 e. The van der Waals surface area contributed by atoms with Gasteiger partial charge in [0.25, 0.3) is 0 Å². The Balaban J connectivity index is 2.34. The lowest BCUT2D eigenvalue weighted by atomic mass is 9.75. The van der Waals surface area contributed by atoms with Crippen LogP contribution in [0.25, 0.3) is 0 Å². The van der Waals surface area contributed by atoms with Crippen molar-refractivity contribution < 1.29 is 4.74 Å². The summed E-state index contributed by atoms with van der Waals surface area (Å²) >= 11 is 0. The van der Waals surface area contributed by atoms with Crippen molar-refractivity contribution in [3.63, 3.8) is 0 Å². The summed E-state index contributed by atoms with van der Waals surface area (Å²) in [5.41, 5.74) is -0.301. The standard InChI is InChI=1S/C10H18N2O/c1-8(2)6-12-10(7-11)4-9(5-10)13-3/h8-9,12H,4-6H2,1-3H3. The predicted octanol–water partition coefficient (Wildman–Crippen LogP) is 1.30. The van der Waals surface area contributed by atoms with E-state index in [9.17, 15) is 0 Å². The monoisotopic (exact) mass is 182 g/mol. The summed E-state index contributed by atoms with van der Waals surface area (Å²) in [4.78, 5) is 0. The molecule has 0 aromatic heterocycles. The van der Waals surface area contributed by atoms with E-state index in [1.807, 2.05) is 0 Å². The highest BCUT2D eigenvalue weighted by molar-refractivity contribution is 5.16. The summed E-state index contributed by atoms with van der Waals surface area (Å²) in [5.74, 6) is 0.590. The Labute approximate surface area is 80.1 Å². The van der Waals surface area contributed by atoms with Crippen LogP contribution in [0.1, 0.15) is 26.7 Å². The zero-order chi connectivity index (χ0) is 9.90. The molecule has 3 nitrogen and oxygen atoms in total. The first-order valence-electron chi connectivity index (χ1n) is 4.81. The molecule has 0 aromatic rings. The lowest BCUT2D eigenvalue weighted by molar-refractivity contribution is -0.00840. The summed E-state index contributed by atoms with van der Waals surface area (Å²) in [6.45, 7) is 5.19. The molecule has 74 valence electrons. The van der Waals surface area contributed by atoms with Gasteiger partial charge in [-0.2, -0.15) is 5.26 Å². The topological polar surface area (TPSA) is 45.0 Å². The maximum atomic E-state index is 8.99. The smallest absolute Gasteiger partial charge is 0.111 e. The first-order valence-corrected chi connectivity index (χ1v) is 4.81. The van der Waals surface area contributed by atoms with E-state index in [0.29, 0.717) is 5.92 Å². The van der Waals surface area contributed by atoms with E-state index in [4.69, 9.17) is 10.00 Å². The number of methoxy groups -OCH3 is 1. The average Bonchev–Trinajstić information content (AvgIpc) is 2.03. The van der Waals surface area contributed by atoms with Gasteiger partial charge in [0.05, 0.1) is 12.2 Å². The molecule has 0 radical (unpaired) electrons. The Morgan fingerprint density at radius 2 is 2.23 bits per heavy atom. The highest BCUT2D eigenvalue weighted by atomic mass is 16.5. The van der Waals surface area contributed by atoms with Crippen molar-refractivity contribution in [1.29, 1.82) is 5.26 Å². The SMILES string of the molecule is COC1CC(C#N)(NCC(C)C)C1. The van der Waals surface area contributed by atoms with Gasteiger partial charge in [0, 0.05) is 20.0 Å². The minimum Gasteiger partial charge on any atom is -0.381 e. The Kier molecular flexibility index (Phi) is 3.29. The van der Waals surface area contributed by atoms with Crippen LogP contribution in [0.2, 0.25) is 0 Å². The predicted molar refractivity (Wildman–Crippen MR) is 51.2 cm³/mol. The first-order chi connectivity index (χ1) is 6.12. The number of nitrogens with zero attached hydrogens (tertiary/aromatic N) is 1. The molecule has 1 N–H and O–H groups in total. The van der Waals surface area contributed by atoms with Gasteiger partial charge >= 0.3 is 0 Å². The maximum absolute atomic E-state index is 8.99. The van der Waals surface area contributed by atoms with Crippen LogP contribution in [0.4, 0.5) is 0 Å². The van der Waals surface area contributed by atoms with Crippen LogP contribution in [0.5, 0.6) is 0 Å². The first kappa shape index (κ1) is 10.5. The molecule has 1 saturated carbocycles. The Bertz CT molecular complexity index is 201. The van der Waals surface area contributed by atoms with Crippen LogP contribution < -0.4 is 5.32 Å². The lowest BCUT2D eigenvalue weighted by Crippen LogP contribution is -2.57. The maximum Gasteiger partial charge on any atom is 0.111 e. The molecule has 1 rings (SSSR count). The van der Waals surface area contributed by atoms with Crippen LogP contribution in [0.15, 0.2) is 0 Å². The molecular weight excluding hydrogens is 164 g/mol. The highest BCUT2D eigenvalue weighted by Gasteiger charge is 2.44. The molecule has 0 atom stereocenters. The van der Waals surface area contributed by atoms with E-state index >= 15 is 0 Å². The van der Waals surface area contributed by atoms with E-state index in [-0.39, 0.29) is 11.6 Å². The van der Waals surface area contributed by atoms with Crippen LogP contribution in [-0.4, -0.2) is 25.3 Å². The van der Waals surface area contributed by atoms with Gasteiger partial charge in [-0.15, -0.1) is 0 Å². The molecule has 1 fully saturated rings. The quantitative estimate of drug-likeness (QED) is 0.713. The van der Waals surface area contributed by atoms with Crippen LogP contribution in [-0.2, 0) is 4.74 Å². The lowest BCUT2D eigenvalue weighted by Gasteiger charge is -2.42. The van der Waals surface area contributed by atoms with E-state index in [0.717, 1.165) is 19.4 Å². The summed E-state index contributed by atoms with van der Waals surface area (Å²) < 4.78 is 5.16. The van der Waals surface area contributed by atoms with E-state index < -0.39 is 0 Å². The Morgan fingerprint density at radius 3 is 2.62 bits per heavy atom. The van der Waals surface area contributed by atoms with Crippen molar-refractivity contribution in [3.05, 3.63) is 0 Å². The van der Waals surface area contributed by atoms with Gasteiger partial charge in [0.15, 0.2) is 0 Å². The van der Waals surface area contributed by atoms with Crippen molar-refractivity contribution in [2.75, 3.05) is 13.7 Å². The second-order valence-electron chi connectivity index (χ2n) is 4.23. The van der Waals surface area contributed by atoms with Gasteiger partial charge in [0.2, 0.25) is 0 Å². The van der Waals surface area contributed by atoms with Crippen molar-refractivity contribution in [2.24, 2.45) is 5.92 Å². The number of nitrogens with one attached hydrogen (secondary N) is 1. The van der Waals surface area contributed by atoms with Gasteiger partial charge in [-0.05, 0) is 12.5 Å². The molecule has 13 heavy (non-hydrogen) atoms. The highest BCUT2D eigenvalue weighted by Crippen LogP contribution is 2.33. The number of hydrogen-bond acceptors (Lipinski definition) is 3. The molecule has 0 aromatic carbocycles. The summed E-state index contributed by atoms with van der Waals surface area (Å²) in [6, 6.07) is 2.34. The van der Waals surface area contributed by atoms with Gasteiger partial charge in [-0.1, -0.05) is 13.8 Å². The fourth-order valence-electron chi connectivity index (χ4n) is 1.56. The minimum absolute atomic E-state index is 0.277. The molecule has 0 saturated heterocycles. The third-order valence-electron chi connectivity index (χ3n) is 2.55. The van der Waals surface area contributed by atoms with Crippen LogP contribution in [0.3, 0.4) is 0 Å². The normalized spacial score (nSPS) is 32.7. The molecular formula is C10H18N2O. The molecule has 0 unspecified atom stereocenters. The second-order valence-corrected chi connectivity index (χ2v) is 4.23. The summed E-state index contributed by atoms with van der Waals surface area (Å²) in [5, 5.41) is 12.3. The third kappa shape index (κ3) is 2.43. The second kappa shape index (κ2) is 4.08. The minimum atomic E-state index is -0.301. The fraction of sp³-hybridized carbons (Fsp3) is 0.900. The van der Waals surface area contributed by atoms with Crippen molar-refractivity contribution in [3.8, 4) is 6.07 Å². The van der Waals surface area contributed by atoms with Gasteiger partial charge < -0.3 is 4.74 Å². The Morgan fingerprint density at radius 1 is 1.62 bits per heavy atom. The van der Waals surface area contributed by atoms with Gasteiger partial charge in [-0.25, -0.2) is 0 Å². The van der Waals surface area contributed by atoms with Crippen molar-refractivity contribution in [2.45, 2.75) is 38.3 Å². The molecule has 0 heterocycles. The van der Waals surface area contributed by atoms with Crippen LogP contribution in [0, 0.1) is 17.2 Å². The van der Waals surface area contributed by atoms with Crippen molar-refractivity contribution in [1.82, 2.24) is 5.32 Å². The summed E-state index contributed by atoms with van der Waals surface area (Å²) in [6.07, 6.45) is 1.93. The van der Waals surface area contributed by atoms with Gasteiger partial charge in [0.1, 0.15) is 5.54 Å².